The van der Waals surface area contributed by atoms with Gasteiger partial charge in [-0.25, -0.2) is 4.79 Å². The molecule has 0 aliphatic heterocycles. The lowest BCUT2D eigenvalue weighted by Gasteiger charge is -2.22. The molecule has 102 valence electrons. The van der Waals surface area contributed by atoms with Gasteiger partial charge in [0.1, 0.15) is 0 Å². The van der Waals surface area contributed by atoms with Gasteiger partial charge >= 0.3 is 5.97 Å². The number of ketones is 1. The molecule has 0 atom stereocenters. The fourth-order valence-electron chi connectivity index (χ4n) is 2.76. The first-order valence-electron chi connectivity index (χ1n) is 7.02. The van der Waals surface area contributed by atoms with Gasteiger partial charge in [-0.1, -0.05) is 43.5 Å². The molecule has 0 saturated heterocycles. The van der Waals surface area contributed by atoms with Gasteiger partial charge in [-0.2, -0.15) is 0 Å². The maximum absolute atomic E-state index is 11.0. The second kappa shape index (κ2) is 6.50. The van der Waals surface area contributed by atoms with Gasteiger partial charge < -0.3 is 5.11 Å². The van der Waals surface area contributed by atoms with E-state index in [0.717, 1.165) is 5.56 Å². The van der Waals surface area contributed by atoms with Crippen LogP contribution >= 0.6 is 0 Å². The molecule has 0 bridgehead atoms. The normalized spacial score (nSPS) is 16.2. The van der Waals surface area contributed by atoms with E-state index in [0.29, 0.717) is 12.3 Å². The van der Waals surface area contributed by atoms with Crippen molar-refractivity contribution < 1.29 is 14.7 Å². The largest absolute Gasteiger partial charge is 0.476 e. The van der Waals surface area contributed by atoms with Gasteiger partial charge in [-0.15, -0.1) is 0 Å². The molecule has 0 heterocycles. The number of carboxylic acid groups (broad SMARTS) is 1. The Hall–Kier alpha value is -1.64. The minimum Gasteiger partial charge on any atom is -0.476 e. The Kier molecular flexibility index (Phi) is 4.72. The SMILES string of the molecule is O=C(O)C(=O)CCc1ccc(C2CCCCC2)cc1. The van der Waals surface area contributed by atoms with Gasteiger partial charge in [0.2, 0.25) is 5.78 Å². The van der Waals surface area contributed by atoms with Crippen LogP contribution in [0.2, 0.25) is 0 Å². The third kappa shape index (κ3) is 3.91. The topological polar surface area (TPSA) is 54.4 Å². The van der Waals surface area contributed by atoms with Crippen LogP contribution in [0, 0.1) is 0 Å². The minimum atomic E-state index is -1.33. The number of rotatable bonds is 5. The lowest BCUT2D eigenvalue weighted by Crippen LogP contribution is -2.13. The molecule has 1 aromatic rings. The fourth-order valence-corrected chi connectivity index (χ4v) is 2.76. The molecule has 0 amide bonds. The third-order valence-electron chi connectivity index (χ3n) is 3.94. The molecule has 3 nitrogen and oxygen atoms in total. The zero-order valence-corrected chi connectivity index (χ0v) is 11.1. The first kappa shape index (κ1) is 13.8. The Bertz CT molecular complexity index is 442. The molecule has 0 unspecified atom stereocenters. The Labute approximate surface area is 113 Å². The van der Waals surface area contributed by atoms with E-state index in [-0.39, 0.29) is 6.42 Å². The third-order valence-corrected chi connectivity index (χ3v) is 3.94. The van der Waals surface area contributed by atoms with Crippen molar-refractivity contribution in [2.75, 3.05) is 0 Å². The summed E-state index contributed by atoms with van der Waals surface area (Å²) >= 11 is 0. The number of Topliss-reactive ketones (excluding diaryl/α,β-unsaturated/α-hetero) is 1. The zero-order valence-electron chi connectivity index (χ0n) is 11.1. The first-order chi connectivity index (χ1) is 9.16. The monoisotopic (exact) mass is 260 g/mol. The Morgan fingerprint density at radius 2 is 1.68 bits per heavy atom. The second-order valence-corrected chi connectivity index (χ2v) is 5.30. The lowest BCUT2D eigenvalue weighted by molar-refractivity contribution is -0.149. The van der Waals surface area contributed by atoms with E-state index in [4.69, 9.17) is 5.11 Å². The molecular weight excluding hydrogens is 240 g/mol. The van der Waals surface area contributed by atoms with Crippen molar-refractivity contribution >= 4 is 11.8 Å². The standard InChI is InChI=1S/C16H20O3/c17-15(16(18)19)11-8-12-6-9-14(10-7-12)13-4-2-1-3-5-13/h6-7,9-10,13H,1-5,8,11H2,(H,18,19). The summed E-state index contributed by atoms with van der Waals surface area (Å²) in [4.78, 5) is 21.5. The highest BCUT2D eigenvalue weighted by atomic mass is 16.4. The predicted molar refractivity (Wildman–Crippen MR) is 73.2 cm³/mol. The summed E-state index contributed by atoms with van der Waals surface area (Å²) in [6.07, 6.45) is 7.13. The smallest absolute Gasteiger partial charge is 0.372 e. The van der Waals surface area contributed by atoms with E-state index in [1.54, 1.807) is 0 Å². The second-order valence-electron chi connectivity index (χ2n) is 5.30. The highest BCUT2D eigenvalue weighted by molar-refractivity contribution is 6.32. The molecule has 0 aromatic heterocycles. The van der Waals surface area contributed by atoms with E-state index in [9.17, 15) is 9.59 Å². The van der Waals surface area contributed by atoms with E-state index >= 15 is 0 Å². The van der Waals surface area contributed by atoms with Crippen molar-refractivity contribution in [1.29, 1.82) is 0 Å². The van der Waals surface area contributed by atoms with Gasteiger partial charge in [0.05, 0.1) is 0 Å². The van der Waals surface area contributed by atoms with Crippen molar-refractivity contribution in [3.8, 4) is 0 Å². The number of carbonyl (C=O) groups is 2. The van der Waals surface area contributed by atoms with Crippen LogP contribution in [0.25, 0.3) is 0 Å². The first-order valence-corrected chi connectivity index (χ1v) is 7.02. The van der Waals surface area contributed by atoms with Gasteiger partial charge in [-0.05, 0) is 36.3 Å². The molecule has 2 rings (SSSR count). The van der Waals surface area contributed by atoms with Crippen molar-refractivity contribution in [1.82, 2.24) is 0 Å². The maximum Gasteiger partial charge on any atom is 0.372 e. The van der Waals surface area contributed by atoms with E-state index in [2.05, 4.69) is 12.1 Å². The molecule has 1 fully saturated rings. The van der Waals surface area contributed by atoms with Crippen molar-refractivity contribution in [3.63, 3.8) is 0 Å². The number of carboxylic acids is 1. The number of aliphatic carboxylic acids is 1. The highest BCUT2D eigenvalue weighted by Gasteiger charge is 2.15. The predicted octanol–water partition coefficient (Wildman–Crippen LogP) is 3.32. The average molecular weight is 260 g/mol. The fraction of sp³-hybridized carbons (Fsp3) is 0.500. The van der Waals surface area contributed by atoms with E-state index in [1.165, 1.54) is 37.7 Å². The van der Waals surface area contributed by atoms with Gasteiger partial charge in [0, 0.05) is 6.42 Å². The highest BCUT2D eigenvalue weighted by Crippen LogP contribution is 2.32. The number of benzene rings is 1. The Morgan fingerprint density at radius 3 is 2.26 bits per heavy atom. The molecule has 19 heavy (non-hydrogen) atoms. The number of hydrogen-bond donors (Lipinski definition) is 1. The van der Waals surface area contributed by atoms with Gasteiger partial charge in [0.15, 0.2) is 0 Å². The summed E-state index contributed by atoms with van der Waals surface area (Å²) in [5, 5.41) is 8.52. The Morgan fingerprint density at radius 1 is 1.05 bits per heavy atom. The summed E-state index contributed by atoms with van der Waals surface area (Å²) in [7, 11) is 0. The number of carbonyl (C=O) groups excluding carboxylic acids is 1. The van der Waals surface area contributed by atoms with Crippen LogP contribution in [0.15, 0.2) is 24.3 Å². The van der Waals surface area contributed by atoms with Crippen LogP contribution in [-0.4, -0.2) is 16.9 Å². The lowest BCUT2D eigenvalue weighted by atomic mass is 9.84. The molecule has 1 N–H and O–H groups in total. The summed E-state index contributed by atoms with van der Waals surface area (Å²) < 4.78 is 0. The van der Waals surface area contributed by atoms with Gasteiger partial charge in [-0.3, -0.25) is 4.79 Å². The van der Waals surface area contributed by atoms with Crippen LogP contribution in [-0.2, 0) is 16.0 Å². The minimum absolute atomic E-state index is 0.0815. The number of hydrogen-bond acceptors (Lipinski definition) is 2. The van der Waals surface area contributed by atoms with E-state index in [1.807, 2.05) is 12.1 Å². The molecule has 3 heteroatoms. The molecule has 1 aliphatic rings. The zero-order chi connectivity index (χ0) is 13.7. The summed E-state index contributed by atoms with van der Waals surface area (Å²) in [5.74, 6) is -1.36. The van der Waals surface area contributed by atoms with Crippen molar-refractivity contribution in [3.05, 3.63) is 35.4 Å². The number of aryl methyl sites for hydroxylation is 1. The molecule has 1 aliphatic carbocycles. The summed E-state index contributed by atoms with van der Waals surface area (Å²) in [5.41, 5.74) is 2.42. The van der Waals surface area contributed by atoms with Crippen LogP contribution in [0.3, 0.4) is 0 Å². The summed E-state index contributed by atoms with van der Waals surface area (Å²) in [6, 6.07) is 8.32. The van der Waals surface area contributed by atoms with Crippen LogP contribution in [0.1, 0.15) is 55.6 Å². The van der Waals surface area contributed by atoms with Crippen molar-refractivity contribution in [2.24, 2.45) is 0 Å². The summed E-state index contributed by atoms with van der Waals surface area (Å²) in [6.45, 7) is 0. The van der Waals surface area contributed by atoms with Crippen LogP contribution < -0.4 is 0 Å². The Balaban J connectivity index is 1.90. The quantitative estimate of drug-likeness (QED) is 0.826. The van der Waals surface area contributed by atoms with Crippen LogP contribution in [0.5, 0.6) is 0 Å². The van der Waals surface area contributed by atoms with E-state index < -0.39 is 11.8 Å². The average Bonchev–Trinajstić information content (AvgIpc) is 2.46. The van der Waals surface area contributed by atoms with Gasteiger partial charge in [0.25, 0.3) is 0 Å². The molecule has 0 spiro atoms. The molecule has 1 aromatic carbocycles. The van der Waals surface area contributed by atoms with Crippen molar-refractivity contribution in [2.45, 2.75) is 50.9 Å². The molecule has 0 radical (unpaired) electrons. The molecule has 1 saturated carbocycles. The molecular formula is C16H20O3. The maximum atomic E-state index is 11.0. The van der Waals surface area contributed by atoms with Crippen LogP contribution in [0.4, 0.5) is 0 Å².